The highest BCUT2D eigenvalue weighted by molar-refractivity contribution is 7.99. The van der Waals surface area contributed by atoms with Crippen molar-refractivity contribution in [1.29, 1.82) is 0 Å². The van der Waals surface area contributed by atoms with Gasteiger partial charge in [0.25, 0.3) is 5.03 Å². The first-order valence-electron chi connectivity index (χ1n) is 7.75. The van der Waals surface area contributed by atoms with Crippen molar-refractivity contribution in [2.24, 2.45) is 0 Å². The zero-order valence-corrected chi connectivity index (χ0v) is 15.2. The Morgan fingerprint density at radius 3 is 2.54 bits per heavy atom. The molecule has 0 atom stereocenters. The summed E-state index contributed by atoms with van der Waals surface area (Å²) >= 11 is 7.24. The molecule has 0 bridgehead atoms. The highest BCUT2D eigenvalue weighted by Crippen LogP contribution is 2.29. The predicted molar refractivity (Wildman–Crippen MR) is 103 cm³/mol. The summed E-state index contributed by atoms with van der Waals surface area (Å²) in [6.07, 6.45) is 1.40. The number of ether oxygens (including phenoxy) is 1. The van der Waals surface area contributed by atoms with Gasteiger partial charge < -0.3 is 15.3 Å². The monoisotopic (exact) mass is 386 g/mol. The number of pyridine rings is 1. The number of thioether (sulfide) groups is 1. The lowest BCUT2D eigenvalue weighted by molar-refractivity contribution is -0.645. The molecule has 0 aliphatic carbocycles. The molecule has 3 aromatic rings. The van der Waals surface area contributed by atoms with Gasteiger partial charge in [0.2, 0.25) is 5.91 Å². The van der Waals surface area contributed by atoms with Gasteiger partial charge in [-0.05, 0) is 54.2 Å². The van der Waals surface area contributed by atoms with Gasteiger partial charge in [-0.3, -0.25) is 4.79 Å². The molecule has 0 fully saturated rings. The van der Waals surface area contributed by atoms with E-state index >= 15 is 0 Å². The molecule has 1 heterocycles. The first-order chi connectivity index (χ1) is 12.6. The van der Waals surface area contributed by atoms with Crippen molar-refractivity contribution >= 4 is 35.0 Å². The zero-order chi connectivity index (χ0) is 18.4. The van der Waals surface area contributed by atoms with Gasteiger partial charge in [-0.1, -0.05) is 23.7 Å². The molecule has 0 aliphatic rings. The summed E-state index contributed by atoms with van der Waals surface area (Å²) in [5, 5.41) is 15.3. The summed E-state index contributed by atoms with van der Waals surface area (Å²) in [6.45, 7) is 0. The number of hydrogen-bond donors (Lipinski definition) is 1. The minimum atomic E-state index is -0.196. The van der Waals surface area contributed by atoms with Crippen molar-refractivity contribution in [2.75, 3.05) is 11.1 Å². The lowest BCUT2D eigenvalue weighted by Crippen LogP contribution is -2.28. The molecule has 5 nitrogen and oxygen atoms in total. The molecule has 0 unspecified atom stereocenters. The van der Waals surface area contributed by atoms with Gasteiger partial charge in [0.05, 0.1) is 10.8 Å². The van der Waals surface area contributed by atoms with E-state index in [0.29, 0.717) is 27.2 Å². The summed E-state index contributed by atoms with van der Waals surface area (Å²) in [5.41, 5.74) is 0.644. The molecule has 0 aliphatic heterocycles. The molecule has 26 heavy (non-hydrogen) atoms. The van der Waals surface area contributed by atoms with E-state index in [1.54, 1.807) is 54.6 Å². The number of nitrogens with zero attached hydrogens (tertiary/aromatic N) is 1. The summed E-state index contributed by atoms with van der Waals surface area (Å²) < 4.78 is 6.44. The molecule has 1 amide bonds. The Kier molecular flexibility index (Phi) is 5.99. The Morgan fingerprint density at radius 2 is 1.81 bits per heavy atom. The van der Waals surface area contributed by atoms with Crippen LogP contribution in [0.3, 0.4) is 0 Å². The zero-order valence-electron chi connectivity index (χ0n) is 13.6. The Morgan fingerprint density at radius 1 is 1.08 bits per heavy atom. The van der Waals surface area contributed by atoms with Crippen molar-refractivity contribution in [3.05, 3.63) is 83.2 Å². The smallest absolute Gasteiger partial charge is 0.251 e. The SMILES string of the molecule is O=C(CSc1cccc[n+]1[O-])Nc1ccc(Oc2ccccc2Cl)cc1. The maximum atomic E-state index is 12.0. The highest BCUT2D eigenvalue weighted by Gasteiger charge is 2.09. The molecule has 7 heteroatoms. The van der Waals surface area contributed by atoms with Gasteiger partial charge in [0.15, 0.2) is 6.20 Å². The fourth-order valence-corrected chi connectivity index (χ4v) is 3.01. The van der Waals surface area contributed by atoms with Crippen LogP contribution in [0.2, 0.25) is 5.02 Å². The summed E-state index contributed by atoms with van der Waals surface area (Å²) in [7, 11) is 0. The van der Waals surface area contributed by atoms with E-state index in [1.807, 2.05) is 12.1 Å². The number of halogens is 1. The first kappa shape index (κ1) is 18.1. The third-order valence-corrected chi connectivity index (χ3v) is 4.67. The molecular weight excluding hydrogens is 372 g/mol. The van der Waals surface area contributed by atoms with Crippen LogP contribution < -0.4 is 14.8 Å². The van der Waals surface area contributed by atoms with E-state index in [1.165, 1.54) is 18.0 Å². The Balaban J connectivity index is 1.54. The van der Waals surface area contributed by atoms with Crippen molar-refractivity contribution < 1.29 is 14.3 Å². The van der Waals surface area contributed by atoms with Gasteiger partial charge in [-0.2, -0.15) is 4.73 Å². The predicted octanol–water partition coefficient (Wildman–Crippen LogP) is 4.50. The Bertz CT molecular complexity index is 903. The molecule has 0 saturated heterocycles. The lowest BCUT2D eigenvalue weighted by atomic mass is 10.3. The normalized spacial score (nSPS) is 10.3. The van der Waals surface area contributed by atoms with Crippen LogP contribution in [0.1, 0.15) is 0 Å². The van der Waals surface area contributed by atoms with Crippen LogP contribution in [0.25, 0.3) is 0 Å². The second-order valence-corrected chi connectivity index (χ2v) is 6.66. The fraction of sp³-hybridized carbons (Fsp3) is 0.0526. The summed E-state index contributed by atoms with van der Waals surface area (Å²) in [6, 6.07) is 19.2. The van der Waals surface area contributed by atoms with Crippen molar-refractivity contribution in [2.45, 2.75) is 5.03 Å². The summed E-state index contributed by atoms with van der Waals surface area (Å²) in [4.78, 5) is 12.0. The number of hydrogen-bond acceptors (Lipinski definition) is 4. The standard InChI is InChI=1S/C19H15ClN2O3S/c20-16-5-1-2-6-17(16)25-15-10-8-14(9-11-15)21-18(23)13-26-19-7-3-4-12-22(19)24/h1-12H,13H2,(H,21,23). The van der Waals surface area contributed by atoms with Crippen molar-refractivity contribution in [3.8, 4) is 11.5 Å². The van der Waals surface area contributed by atoms with E-state index in [9.17, 15) is 10.0 Å². The highest BCUT2D eigenvalue weighted by atomic mass is 35.5. The van der Waals surface area contributed by atoms with Gasteiger partial charge in [-0.15, -0.1) is 0 Å². The first-order valence-corrected chi connectivity index (χ1v) is 9.11. The number of rotatable bonds is 6. The molecule has 1 aromatic heterocycles. The van der Waals surface area contributed by atoms with E-state index in [4.69, 9.17) is 16.3 Å². The number of carbonyl (C=O) groups excluding carboxylic acids is 1. The van der Waals surface area contributed by atoms with Crippen LogP contribution in [0.15, 0.2) is 78.0 Å². The molecule has 2 aromatic carbocycles. The Labute approximate surface area is 160 Å². The molecule has 0 saturated carbocycles. The number of anilines is 1. The van der Waals surface area contributed by atoms with E-state index < -0.39 is 0 Å². The van der Waals surface area contributed by atoms with Gasteiger partial charge in [-0.25, -0.2) is 0 Å². The van der Waals surface area contributed by atoms with Crippen LogP contribution in [-0.2, 0) is 4.79 Å². The largest absolute Gasteiger partial charge is 0.618 e. The van der Waals surface area contributed by atoms with Gasteiger partial charge in [0.1, 0.15) is 11.5 Å². The van der Waals surface area contributed by atoms with E-state index in [-0.39, 0.29) is 11.7 Å². The third kappa shape index (κ3) is 4.91. The number of benzene rings is 2. The van der Waals surface area contributed by atoms with Crippen molar-refractivity contribution in [1.82, 2.24) is 0 Å². The maximum absolute atomic E-state index is 12.0. The number of nitrogens with one attached hydrogen (secondary N) is 1. The fourth-order valence-electron chi connectivity index (χ4n) is 2.12. The average molecular weight is 387 g/mol. The van der Waals surface area contributed by atoms with Gasteiger partial charge >= 0.3 is 0 Å². The second-order valence-electron chi connectivity index (χ2n) is 5.26. The summed E-state index contributed by atoms with van der Waals surface area (Å²) in [5.74, 6) is 1.13. The minimum absolute atomic E-state index is 0.143. The van der Waals surface area contributed by atoms with Crippen LogP contribution in [0.5, 0.6) is 11.5 Å². The topological polar surface area (TPSA) is 65.3 Å². The van der Waals surface area contributed by atoms with Gasteiger partial charge in [0, 0.05) is 17.8 Å². The van der Waals surface area contributed by atoms with E-state index in [0.717, 1.165) is 4.73 Å². The molecular formula is C19H15ClN2O3S. The van der Waals surface area contributed by atoms with Crippen LogP contribution >= 0.6 is 23.4 Å². The lowest BCUT2D eigenvalue weighted by Gasteiger charge is -2.09. The number of para-hydroxylation sites is 1. The van der Waals surface area contributed by atoms with Crippen LogP contribution in [-0.4, -0.2) is 11.7 Å². The maximum Gasteiger partial charge on any atom is 0.251 e. The van der Waals surface area contributed by atoms with E-state index in [2.05, 4.69) is 5.32 Å². The van der Waals surface area contributed by atoms with Crippen LogP contribution in [0, 0.1) is 5.21 Å². The quantitative estimate of drug-likeness (QED) is 0.385. The molecule has 0 spiro atoms. The number of amides is 1. The Hall–Kier alpha value is -2.70. The number of carbonyl (C=O) groups is 1. The molecule has 3 rings (SSSR count). The molecule has 0 radical (unpaired) electrons. The molecule has 1 N–H and O–H groups in total. The third-order valence-electron chi connectivity index (χ3n) is 3.34. The van der Waals surface area contributed by atoms with Crippen LogP contribution in [0.4, 0.5) is 5.69 Å². The average Bonchev–Trinajstić information content (AvgIpc) is 2.64. The molecule has 132 valence electrons. The minimum Gasteiger partial charge on any atom is -0.618 e. The van der Waals surface area contributed by atoms with Crippen molar-refractivity contribution in [3.63, 3.8) is 0 Å². The number of aromatic nitrogens is 1. The second kappa shape index (κ2) is 8.60.